The smallest absolute Gasteiger partial charge is 0.266 e. The highest BCUT2D eigenvalue weighted by atomic mass is 16.6. The van der Waals surface area contributed by atoms with E-state index in [2.05, 4.69) is 36.4 Å². The van der Waals surface area contributed by atoms with Crippen LogP contribution in [-0.4, -0.2) is 29.4 Å². The Balaban J connectivity index is 1.70. The molecule has 1 heterocycles. The van der Waals surface area contributed by atoms with Gasteiger partial charge in [0, 0.05) is 5.56 Å². The fraction of sp³-hybridized carbons (Fsp3) is 0.348. The van der Waals surface area contributed by atoms with E-state index in [-0.39, 0.29) is 17.1 Å². The Morgan fingerprint density at radius 3 is 2.33 bits per heavy atom. The average Bonchev–Trinajstić information content (AvgIpc) is 3.15. The van der Waals surface area contributed by atoms with E-state index in [0.717, 1.165) is 16.9 Å². The van der Waals surface area contributed by atoms with E-state index in [4.69, 9.17) is 14.1 Å². The van der Waals surface area contributed by atoms with E-state index in [9.17, 15) is 4.79 Å². The minimum atomic E-state index is -0.730. The molecule has 0 fully saturated rings. The molecule has 3 rings (SSSR count). The van der Waals surface area contributed by atoms with Gasteiger partial charge in [0.05, 0.1) is 7.11 Å². The molecule has 0 saturated heterocycles. The topological polar surface area (TPSA) is 86.5 Å². The molecule has 1 N–H and O–H groups in total. The Kier molecular flexibility index (Phi) is 6.10. The molecule has 30 heavy (non-hydrogen) atoms. The highest BCUT2D eigenvalue weighted by molar-refractivity contribution is 5.96. The van der Waals surface area contributed by atoms with Crippen LogP contribution in [0.25, 0.3) is 11.3 Å². The number of anilines is 1. The molecule has 1 atom stereocenters. The molecule has 0 spiro atoms. The molecule has 7 heteroatoms. The maximum atomic E-state index is 12.6. The van der Waals surface area contributed by atoms with Gasteiger partial charge in [-0.2, -0.15) is 0 Å². The van der Waals surface area contributed by atoms with Crippen molar-refractivity contribution in [3.8, 4) is 22.8 Å². The lowest BCUT2D eigenvalue weighted by Gasteiger charge is -2.20. The van der Waals surface area contributed by atoms with Crippen LogP contribution in [0.15, 0.2) is 47.1 Å². The molecule has 1 aromatic heterocycles. The van der Waals surface area contributed by atoms with Crippen molar-refractivity contribution in [3.63, 3.8) is 0 Å². The molecule has 0 radical (unpaired) electrons. The van der Waals surface area contributed by atoms with Crippen LogP contribution >= 0.6 is 0 Å². The van der Waals surface area contributed by atoms with Crippen LogP contribution in [0.1, 0.15) is 38.8 Å². The van der Waals surface area contributed by atoms with Crippen LogP contribution in [-0.2, 0) is 10.2 Å². The number of aromatic nitrogens is 2. The third-order valence-corrected chi connectivity index (χ3v) is 4.82. The normalized spacial score (nSPS) is 12.3. The van der Waals surface area contributed by atoms with Crippen LogP contribution in [0.3, 0.4) is 0 Å². The van der Waals surface area contributed by atoms with Gasteiger partial charge in [-0.1, -0.05) is 32.9 Å². The highest BCUT2D eigenvalue weighted by Gasteiger charge is 2.21. The lowest BCUT2D eigenvalue weighted by molar-refractivity contribution is -0.122. The van der Waals surface area contributed by atoms with Gasteiger partial charge in [-0.05, 0) is 71.0 Å². The average molecular weight is 409 g/mol. The summed E-state index contributed by atoms with van der Waals surface area (Å²) in [5, 5.41) is 10.5. The van der Waals surface area contributed by atoms with Crippen molar-refractivity contribution in [1.29, 1.82) is 0 Å². The maximum Gasteiger partial charge on any atom is 0.266 e. The Morgan fingerprint density at radius 2 is 1.73 bits per heavy atom. The lowest BCUT2D eigenvalue weighted by atomic mass is 9.87. The molecule has 1 amide bonds. The summed E-state index contributed by atoms with van der Waals surface area (Å²) in [5.41, 5.74) is 3.41. The van der Waals surface area contributed by atoms with Crippen molar-refractivity contribution in [3.05, 3.63) is 53.6 Å². The number of ether oxygens (including phenoxy) is 2. The van der Waals surface area contributed by atoms with Gasteiger partial charge in [0.1, 0.15) is 11.5 Å². The Morgan fingerprint density at radius 1 is 1.07 bits per heavy atom. The van der Waals surface area contributed by atoms with Crippen LogP contribution in [0, 0.1) is 6.92 Å². The predicted molar refractivity (Wildman–Crippen MR) is 115 cm³/mol. The third kappa shape index (κ3) is 4.79. The Hall–Kier alpha value is -3.35. The number of nitrogens with zero attached hydrogens (tertiary/aromatic N) is 2. The summed E-state index contributed by atoms with van der Waals surface area (Å²) < 4.78 is 15.9. The van der Waals surface area contributed by atoms with E-state index >= 15 is 0 Å². The van der Waals surface area contributed by atoms with Gasteiger partial charge in [0.2, 0.25) is 5.82 Å². The van der Waals surface area contributed by atoms with Gasteiger partial charge < -0.3 is 14.8 Å². The molecule has 1 unspecified atom stereocenters. The number of rotatable bonds is 6. The quantitative estimate of drug-likeness (QED) is 0.632. The summed E-state index contributed by atoms with van der Waals surface area (Å²) in [5.74, 6) is 1.25. The zero-order valence-electron chi connectivity index (χ0n) is 18.1. The van der Waals surface area contributed by atoms with Crippen LogP contribution in [0.2, 0.25) is 0 Å². The predicted octanol–water partition coefficient (Wildman–Crippen LogP) is 4.76. The van der Waals surface area contributed by atoms with E-state index in [1.165, 1.54) is 5.56 Å². The SMILES string of the molecule is COc1ccc(-c2nonc2NC(=O)C(C)Oc2ccc(C(C)(C)C)cc2)c(C)c1. The molecule has 3 aromatic rings. The number of hydrogen-bond donors (Lipinski definition) is 1. The number of carbonyl (C=O) groups is 1. The first-order chi connectivity index (χ1) is 14.2. The van der Waals surface area contributed by atoms with Gasteiger partial charge in [-0.25, -0.2) is 4.63 Å². The van der Waals surface area contributed by atoms with Crippen LogP contribution in [0.4, 0.5) is 5.82 Å². The lowest BCUT2D eigenvalue weighted by Crippen LogP contribution is -2.30. The van der Waals surface area contributed by atoms with Crippen LogP contribution in [0.5, 0.6) is 11.5 Å². The molecule has 0 aliphatic rings. The number of hydrogen-bond acceptors (Lipinski definition) is 6. The van der Waals surface area contributed by atoms with Gasteiger partial charge in [-0.3, -0.25) is 4.79 Å². The summed E-state index contributed by atoms with van der Waals surface area (Å²) in [6, 6.07) is 13.3. The molecular formula is C23H27N3O4. The van der Waals surface area contributed by atoms with Crippen molar-refractivity contribution in [2.24, 2.45) is 0 Å². The molecule has 0 saturated carbocycles. The van der Waals surface area contributed by atoms with Gasteiger partial charge >= 0.3 is 0 Å². The molecular weight excluding hydrogens is 382 g/mol. The third-order valence-electron chi connectivity index (χ3n) is 4.82. The highest BCUT2D eigenvalue weighted by Crippen LogP contribution is 2.30. The first-order valence-corrected chi connectivity index (χ1v) is 9.74. The zero-order chi connectivity index (χ0) is 21.9. The zero-order valence-corrected chi connectivity index (χ0v) is 18.1. The fourth-order valence-electron chi connectivity index (χ4n) is 2.99. The number of carbonyl (C=O) groups excluding carboxylic acids is 1. The minimum Gasteiger partial charge on any atom is -0.497 e. The molecule has 0 aliphatic carbocycles. The van der Waals surface area contributed by atoms with Crippen molar-refractivity contribution >= 4 is 11.7 Å². The Labute approximate surface area is 176 Å². The molecule has 7 nitrogen and oxygen atoms in total. The van der Waals surface area contributed by atoms with Gasteiger partial charge in [0.15, 0.2) is 11.8 Å². The first-order valence-electron chi connectivity index (χ1n) is 9.74. The molecule has 2 aromatic carbocycles. The number of aryl methyl sites for hydroxylation is 1. The largest absolute Gasteiger partial charge is 0.497 e. The number of benzene rings is 2. The van der Waals surface area contributed by atoms with E-state index in [0.29, 0.717) is 11.4 Å². The minimum absolute atomic E-state index is 0.0530. The second kappa shape index (κ2) is 8.57. The maximum absolute atomic E-state index is 12.6. The molecule has 0 bridgehead atoms. The Bertz CT molecular complexity index is 1020. The van der Waals surface area contributed by atoms with Crippen molar-refractivity contribution in [2.75, 3.05) is 12.4 Å². The van der Waals surface area contributed by atoms with E-state index in [1.807, 2.05) is 49.4 Å². The van der Waals surface area contributed by atoms with Crippen molar-refractivity contribution in [1.82, 2.24) is 10.3 Å². The second-order valence-electron chi connectivity index (χ2n) is 8.17. The fourth-order valence-corrected chi connectivity index (χ4v) is 2.99. The van der Waals surface area contributed by atoms with E-state index in [1.54, 1.807) is 14.0 Å². The molecule has 158 valence electrons. The summed E-state index contributed by atoms with van der Waals surface area (Å²) in [4.78, 5) is 12.6. The van der Waals surface area contributed by atoms with Crippen LogP contribution < -0.4 is 14.8 Å². The number of methoxy groups -OCH3 is 1. The second-order valence-corrected chi connectivity index (χ2v) is 8.17. The monoisotopic (exact) mass is 409 g/mol. The van der Waals surface area contributed by atoms with E-state index < -0.39 is 6.10 Å². The standard InChI is InChI=1S/C23H27N3O4/c1-14-13-18(28-6)11-12-19(14)20-21(26-30-25-20)24-22(27)15(2)29-17-9-7-16(8-10-17)23(3,4)5/h7-13,15H,1-6H3,(H,24,26,27). The number of amides is 1. The molecule has 0 aliphatic heterocycles. The summed E-state index contributed by atoms with van der Waals surface area (Å²) >= 11 is 0. The van der Waals surface area contributed by atoms with Crippen molar-refractivity contribution in [2.45, 2.75) is 46.1 Å². The summed E-state index contributed by atoms with van der Waals surface area (Å²) in [6.07, 6.45) is -0.730. The summed E-state index contributed by atoms with van der Waals surface area (Å²) in [6.45, 7) is 10.0. The first kappa shape index (κ1) is 21.4. The van der Waals surface area contributed by atoms with Gasteiger partial charge in [-0.15, -0.1) is 0 Å². The number of nitrogens with one attached hydrogen (secondary N) is 1. The van der Waals surface area contributed by atoms with Crippen molar-refractivity contribution < 1.29 is 18.9 Å². The summed E-state index contributed by atoms with van der Waals surface area (Å²) in [7, 11) is 1.61. The van der Waals surface area contributed by atoms with Gasteiger partial charge in [0.25, 0.3) is 5.91 Å².